The van der Waals surface area contributed by atoms with E-state index in [4.69, 9.17) is 4.74 Å². The molecule has 2 fully saturated rings. The topological polar surface area (TPSA) is 29.5 Å². The molecule has 1 saturated heterocycles. The van der Waals surface area contributed by atoms with E-state index < -0.39 is 0 Å². The number of ether oxygens (including phenoxy) is 1. The Bertz CT molecular complexity index is 673. The minimum Gasteiger partial charge on any atom is -0.480 e. The minimum atomic E-state index is -0.236. The molecule has 1 spiro atoms. The average molecular weight is 348 g/mol. The minimum absolute atomic E-state index is 0.0425. The summed E-state index contributed by atoms with van der Waals surface area (Å²) in [6.45, 7) is 1.07. The van der Waals surface area contributed by atoms with Crippen molar-refractivity contribution in [3.05, 3.63) is 27.7 Å². The summed E-state index contributed by atoms with van der Waals surface area (Å²) < 4.78 is 7.25. The molecule has 2 heterocycles. The zero-order valence-corrected chi connectivity index (χ0v) is 13.6. The number of likely N-dealkylation sites (N-methyl/N-ethyl adjacent to an activating group) is 1. The van der Waals surface area contributed by atoms with Gasteiger partial charge in [-0.3, -0.25) is 4.79 Å². The number of halogens is 1. The first-order chi connectivity index (χ1) is 10.1. The van der Waals surface area contributed by atoms with Crippen molar-refractivity contribution in [1.29, 1.82) is 0 Å². The summed E-state index contributed by atoms with van der Waals surface area (Å²) >= 11 is 3.63. The summed E-state index contributed by atoms with van der Waals surface area (Å²) in [4.78, 5) is 15.1. The predicted molar refractivity (Wildman–Crippen MR) is 82.7 cm³/mol. The van der Waals surface area contributed by atoms with E-state index >= 15 is 0 Å². The predicted octanol–water partition coefficient (Wildman–Crippen LogP) is 2.69. The molecular weight excluding hydrogens is 330 g/mol. The molecule has 0 amide bonds. The molecule has 1 aromatic carbocycles. The molecule has 21 heavy (non-hydrogen) atoms. The largest absolute Gasteiger partial charge is 0.480 e. The van der Waals surface area contributed by atoms with Crippen molar-refractivity contribution in [1.82, 2.24) is 4.90 Å². The highest BCUT2D eigenvalue weighted by Crippen LogP contribution is 2.62. The standard InChI is InChI=1S/C17H18BrNO2/c1-19-7-6-17-10-3-5-13(20)16(17)21-15-11(18)4-2-9(14(15)17)8-12(10)19/h2,4,10,12,16H,3,5-8H2,1H3. The number of benzene rings is 1. The molecule has 0 N–H and O–H groups in total. The second-order valence-corrected chi connectivity index (χ2v) is 7.92. The van der Waals surface area contributed by atoms with Crippen molar-refractivity contribution in [2.45, 2.75) is 43.2 Å². The van der Waals surface area contributed by atoms with Crippen LogP contribution in [0.3, 0.4) is 0 Å². The van der Waals surface area contributed by atoms with E-state index in [1.807, 2.05) is 0 Å². The second kappa shape index (κ2) is 3.90. The van der Waals surface area contributed by atoms with Gasteiger partial charge in [0.15, 0.2) is 11.9 Å². The van der Waals surface area contributed by atoms with E-state index in [1.165, 1.54) is 11.1 Å². The van der Waals surface area contributed by atoms with Crippen LogP contribution in [0.2, 0.25) is 0 Å². The van der Waals surface area contributed by atoms with E-state index in [1.54, 1.807) is 0 Å². The number of nitrogens with zero attached hydrogens (tertiary/aromatic N) is 1. The number of hydrogen-bond donors (Lipinski definition) is 0. The van der Waals surface area contributed by atoms with Crippen molar-refractivity contribution < 1.29 is 9.53 Å². The third-order valence-electron chi connectivity index (χ3n) is 6.36. The van der Waals surface area contributed by atoms with Crippen LogP contribution in [0.15, 0.2) is 16.6 Å². The van der Waals surface area contributed by atoms with E-state index in [0.29, 0.717) is 24.2 Å². The van der Waals surface area contributed by atoms with E-state index in [2.05, 4.69) is 40.0 Å². The van der Waals surface area contributed by atoms with Crippen LogP contribution >= 0.6 is 15.9 Å². The molecule has 2 aliphatic heterocycles. The van der Waals surface area contributed by atoms with Gasteiger partial charge in [-0.15, -0.1) is 0 Å². The maximum atomic E-state index is 12.6. The molecule has 2 aliphatic carbocycles. The van der Waals surface area contributed by atoms with Gasteiger partial charge in [0, 0.05) is 23.4 Å². The van der Waals surface area contributed by atoms with Crippen LogP contribution in [0.4, 0.5) is 0 Å². The van der Waals surface area contributed by atoms with Crippen LogP contribution in [-0.2, 0) is 16.6 Å². The van der Waals surface area contributed by atoms with E-state index in [0.717, 1.165) is 36.0 Å². The van der Waals surface area contributed by atoms with Crippen LogP contribution in [0, 0.1) is 5.92 Å². The van der Waals surface area contributed by atoms with Crippen LogP contribution < -0.4 is 4.74 Å². The lowest BCUT2D eigenvalue weighted by Crippen LogP contribution is -2.65. The molecule has 1 aromatic rings. The Morgan fingerprint density at radius 1 is 1.43 bits per heavy atom. The molecule has 0 aromatic heterocycles. The molecule has 2 bridgehead atoms. The summed E-state index contributed by atoms with van der Waals surface area (Å²) in [7, 11) is 2.24. The fraction of sp³-hybridized carbons (Fsp3) is 0.588. The molecular formula is C17H18BrNO2. The first kappa shape index (κ1) is 12.7. The Hall–Kier alpha value is -0.870. The van der Waals surface area contributed by atoms with Gasteiger partial charge in [-0.25, -0.2) is 0 Å². The molecule has 4 unspecified atom stereocenters. The first-order valence-electron chi connectivity index (χ1n) is 7.84. The number of piperidine rings is 1. The SMILES string of the molecule is CN1CCC23c4c5ccc(Br)c4OC2C(=O)CCC3C1C5. The average Bonchev–Trinajstić information content (AvgIpc) is 2.83. The number of Topliss-reactive ketones (excluding diaryl/α,β-unsaturated/α-hetero) is 1. The highest BCUT2D eigenvalue weighted by Gasteiger charge is 2.65. The molecule has 1 saturated carbocycles. The normalized spacial score (nSPS) is 39.9. The van der Waals surface area contributed by atoms with Crippen LogP contribution in [0.5, 0.6) is 5.75 Å². The van der Waals surface area contributed by atoms with Crippen molar-refractivity contribution in [3.63, 3.8) is 0 Å². The zero-order chi connectivity index (χ0) is 14.4. The Labute approximate surface area is 132 Å². The molecule has 4 atom stereocenters. The summed E-state index contributed by atoms with van der Waals surface area (Å²) in [5.74, 6) is 1.84. The maximum Gasteiger partial charge on any atom is 0.174 e. The van der Waals surface area contributed by atoms with Crippen molar-refractivity contribution in [3.8, 4) is 5.75 Å². The lowest BCUT2D eigenvalue weighted by atomic mass is 9.52. The summed E-state index contributed by atoms with van der Waals surface area (Å²) in [5, 5.41) is 0. The second-order valence-electron chi connectivity index (χ2n) is 7.06. The van der Waals surface area contributed by atoms with Crippen LogP contribution in [-0.4, -0.2) is 36.4 Å². The number of rotatable bonds is 0. The Morgan fingerprint density at radius 2 is 2.29 bits per heavy atom. The van der Waals surface area contributed by atoms with Gasteiger partial charge >= 0.3 is 0 Å². The van der Waals surface area contributed by atoms with Crippen molar-refractivity contribution in [2.24, 2.45) is 5.92 Å². The Morgan fingerprint density at radius 3 is 3.14 bits per heavy atom. The summed E-state index contributed by atoms with van der Waals surface area (Å²) in [5.41, 5.74) is 2.72. The number of hydrogen-bond acceptors (Lipinski definition) is 3. The first-order valence-corrected chi connectivity index (χ1v) is 8.63. The lowest BCUT2D eigenvalue weighted by Gasteiger charge is -2.57. The monoisotopic (exact) mass is 347 g/mol. The number of carbonyl (C=O) groups is 1. The van der Waals surface area contributed by atoms with Gasteiger partial charge in [-0.1, -0.05) is 6.07 Å². The van der Waals surface area contributed by atoms with E-state index in [-0.39, 0.29) is 11.5 Å². The van der Waals surface area contributed by atoms with Gasteiger partial charge in [0.2, 0.25) is 0 Å². The molecule has 0 radical (unpaired) electrons. The molecule has 110 valence electrons. The van der Waals surface area contributed by atoms with Crippen molar-refractivity contribution >= 4 is 21.7 Å². The Balaban J connectivity index is 1.83. The smallest absolute Gasteiger partial charge is 0.174 e. The van der Waals surface area contributed by atoms with Gasteiger partial charge in [-0.05, 0) is 66.3 Å². The van der Waals surface area contributed by atoms with Gasteiger partial charge < -0.3 is 9.64 Å². The van der Waals surface area contributed by atoms with E-state index in [9.17, 15) is 4.79 Å². The van der Waals surface area contributed by atoms with Gasteiger partial charge in [0.25, 0.3) is 0 Å². The molecule has 5 rings (SSSR count). The lowest BCUT2D eigenvalue weighted by molar-refractivity contribution is -0.138. The van der Waals surface area contributed by atoms with Gasteiger partial charge in [-0.2, -0.15) is 0 Å². The molecule has 4 heteroatoms. The summed E-state index contributed by atoms with van der Waals surface area (Å²) in [6.07, 6.45) is 3.63. The highest BCUT2D eigenvalue weighted by atomic mass is 79.9. The molecule has 3 nitrogen and oxygen atoms in total. The quantitative estimate of drug-likeness (QED) is 0.722. The van der Waals surface area contributed by atoms with Gasteiger partial charge in [0.05, 0.1) is 4.47 Å². The third-order valence-corrected chi connectivity index (χ3v) is 6.98. The van der Waals surface area contributed by atoms with Crippen LogP contribution in [0.1, 0.15) is 30.4 Å². The number of carbonyl (C=O) groups excluding carboxylic acids is 1. The number of ketones is 1. The Kier molecular flexibility index (Phi) is 2.35. The van der Waals surface area contributed by atoms with Crippen molar-refractivity contribution in [2.75, 3.05) is 13.6 Å². The number of likely N-dealkylation sites (tertiary alicyclic amines) is 1. The fourth-order valence-electron chi connectivity index (χ4n) is 5.50. The maximum absolute atomic E-state index is 12.6. The zero-order valence-electron chi connectivity index (χ0n) is 12.1. The van der Waals surface area contributed by atoms with Gasteiger partial charge in [0.1, 0.15) is 5.75 Å². The highest BCUT2D eigenvalue weighted by molar-refractivity contribution is 9.10. The third kappa shape index (κ3) is 1.32. The summed E-state index contributed by atoms with van der Waals surface area (Å²) in [6, 6.07) is 4.89. The fourth-order valence-corrected chi connectivity index (χ4v) is 5.93. The molecule has 4 aliphatic rings. The van der Waals surface area contributed by atoms with Crippen LogP contribution in [0.25, 0.3) is 0 Å².